The van der Waals surface area contributed by atoms with E-state index in [1.807, 2.05) is 6.07 Å². The van der Waals surface area contributed by atoms with Gasteiger partial charge in [-0.05, 0) is 81.3 Å². The van der Waals surface area contributed by atoms with Crippen LogP contribution >= 0.6 is 0 Å². The Morgan fingerprint density at radius 1 is 1.05 bits per heavy atom. The molecule has 1 heterocycles. The van der Waals surface area contributed by atoms with Crippen molar-refractivity contribution >= 4 is 17.7 Å². The minimum absolute atomic E-state index is 0.0433. The summed E-state index contributed by atoms with van der Waals surface area (Å²) >= 11 is 0. The van der Waals surface area contributed by atoms with Gasteiger partial charge in [0.1, 0.15) is 29.0 Å². The van der Waals surface area contributed by atoms with Gasteiger partial charge in [-0.25, -0.2) is 13.6 Å². The van der Waals surface area contributed by atoms with Crippen LogP contribution in [0.3, 0.4) is 0 Å². The second kappa shape index (κ2) is 11.1. The molecule has 2 aromatic rings. The fraction of sp³-hybridized carbons (Fsp3) is 0.533. The van der Waals surface area contributed by atoms with Crippen molar-refractivity contribution in [1.82, 2.24) is 4.90 Å². The molecule has 9 heteroatoms. The monoisotopic (exact) mass is 544 g/mol. The summed E-state index contributed by atoms with van der Waals surface area (Å²) in [5.41, 5.74) is -0.373. The van der Waals surface area contributed by atoms with Gasteiger partial charge in [-0.2, -0.15) is 0 Å². The summed E-state index contributed by atoms with van der Waals surface area (Å²) in [4.78, 5) is 28.0. The first-order valence-electron chi connectivity index (χ1n) is 13.3. The number of anilines is 1. The van der Waals surface area contributed by atoms with Crippen LogP contribution in [-0.2, 0) is 26.1 Å². The van der Waals surface area contributed by atoms with E-state index in [-0.39, 0.29) is 24.4 Å². The van der Waals surface area contributed by atoms with Crippen molar-refractivity contribution in [2.75, 3.05) is 32.2 Å². The number of rotatable bonds is 8. The number of hydrogen-bond acceptors (Lipinski definition) is 5. The molecule has 0 spiro atoms. The number of amides is 2. The van der Waals surface area contributed by atoms with Gasteiger partial charge >= 0.3 is 6.09 Å². The maximum Gasteiger partial charge on any atom is 0.411 e. The van der Waals surface area contributed by atoms with Crippen LogP contribution in [0.15, 0.2) is 30.3 Å². The van der Waals surface area contributed by atoms with Gasteiger partial charge in [0.15, 0.2) is 0 Å². The molecule has 0 radical (unpaired) electrons. The van der Waals surface area contributed by atoms with Gasteiger partial charge in [0.05, 0.1) is 13.7 Å². The average molecular weight is 545 g/mol. The van der Waals surface area contributed by atoms with E-state index < -0.39 is 40.7 Å². The maximum atomic E-state index is 15.3. The Balaban J connectivity index is 1.59. The number of carbonyl (C=O) groups excluding carboxylic acids is 2. The number of fused-ring (bicyclic) bond motifs is 1. The van der Waals surface area contributed by atoms with E-state index in [0.29, 0.717) is 30.3 Å². The lowest BCUT2D eigenvalue weighted by Crippen LogP contribution is -2.47. The smallest absolute Gasteiger partial charge is 0.411 e. The SMILES string of the molecule is COc1ccc2c(c1)CCN(C(=O)OC(C)(C)C)C2C(=O)Nc1cc(F)c(C(C)(C)COCC2CC2)c(F)c1. The first-order chi connectivity index (χ1) is 18.3. The van der Waals surface area contributed by atoms with Crippen LogP contribution in [0, 0.1) is 17.6 Å². The highest BCUT2D eigenvalue weighted by Gasteiger charge is 2.39. The minimum Gasteiger partial charge on any atom is -0.497 e. The molecule has 1 unspecified atom stereocenters. The summed E-state index contributed by atoms with van der Waals surface area (Å²) in [6.07, 6.45) is 2.10. The van der Waals surface area contributed by atoms with Crippen molar-refractivity contribution in [3.63, 3.8) is 0 Å². The first-order valence-corrected chi connectivity index (χ1v) is 13.3. The van der Waals surface area contributed by atoms with Gasteiger partial charge in [0.25, 0.3) is 5.91 Å². The predicted octanol–water partition coefficient (Wildman–Crippen LogP) is 6.15. The summed E-state index contributed by atoms with van der Waals surface area (Å²) in [5.74, 6) is -0.988. The van der Waals surface area contributed by atoms with Crippen LogP contribution in [0.4, 0.5) is 19.3 Å². The van der Waals surface area contributed by atoms with Crippen LogP contribution < -0.4 is 10.1 Å². The molecule has 1 aliphatic heterocycles. The Bertz CT molecular complexity index is 1210. The molecule has 212 valence electrons. The summed E-state index contributed by atoms with van der Waals surface area (Å²) in [5, 5.41) is 2.62. The number of methoxy groups -OCH3 is 1. The molecule has 7 nitrogen and oxygen atoms in total. The Hall–Kier alpha value is -3.20. The highest BCUT2D eigenvalue weighted by atomic mass is 19.1. The van der Waals surface area contributed by atoms with Crippen molar-refractivity contribution in [2.24, 2.45) is 5.92 Å². The Morgan fingerprint density at radius 2 is 1.72 bits per heavy atom. The molecule has 1 saturated carbocycles. The van der Waals surface area contributed by atoms with E-state index >= 15 is 8.78 Å². The van der Waals surface area contributed by atoms with Gasteiger partial charge < -0.3 is 19.5 Å². The second-order valence-electron chi connectivity index (χ2n) is 12.0. The molecular formula is C30H38F2N2O5. The predicted molar refractivity (Wildman–Crippen MR) is 144 cm³/mol. The molecule has 1 fully saturated rings. The van der Waals surface area contributed by atoms with Crippen molar-refractivity contribution in [3.8, 4) is 5.75 Å². The summed E-state index contributed by atoms with van der Waals surface area (Å²) in [6.45, 7) is 9.68. The number of halogens is 2. The largest absolute Gasteiger partial charge is 0.497 e. The quantitative estimate of drug-likeness (QED) is 0.431. The summed E-state index contributed by atoms with van der Waals surface area (Å²) in [6, 6.07) is 6.41. The summed E-state index contributed by atoms with van der Waals surface area (Å²) < 4.78 is 47.1. The fourth-order valence-electron chi connectivity index (χ4n) is 4.87. The van der Waals surface area contributed by atoms with E-state index in [1.165, 1.54) is 4.90 Å². The molecule has 1 atom stereocenters. The van der Waals surface area contributed by atoms with Gasteiger partial charge in [-0.15, -0.1) is 0 Å². The number of nitrogens with one attached hydrogen (secondary N) is 1. The number of benzene rings is 2. The second-order valence-corrected chi connectivity index (χ2v) is 12.0. The molecule has 39 heavy (non-hydrogen) atoms. The van der Waals surface area contributed by atoms with Crippen molar-refractivity contribution in [1.29, 1.82) is 0 Å². The van der Waals surface area contributed by atoms with Crippen LogP contribution in [0.25, 0.3) is 0 Å². The molecule has 2 amide bonds. The highest BCUT2D eigenvalue weighted by Crippen LogP contribution is 2.36. The molecule has 0 bridgehead atoms. The fourth-order valence-corrected chi connectivity index (χ4v) is 4.87. The zero-order valence-electron chi connectivity index (χ0n) is 23.5. The minimum atomic E-state index is -1.06. The Morgan fingerprint density at radius 3 is 2.31 bits per heavy atom. The molecule has 0 aromatic heterocycles. The van der Waals surface area contributed by atoms with Crippen molar-refractivity contribution in [2.45, 2.75) is 70.9 Å². The van der Waals surface area contributed by atoms with Crippen molar-refractivity contribution in [3.05, 3.63) is 58.7 Å². The summed E-state index contributed by atoms with van der Waals surface area (Å²) in [7, 11) is 1.55. The van der Waals surface area contributed by atoms with Gasteiger partial charge in [0.2, 0.25) is 0 Å². The van der Waals surface area contributed by atoms with Crippen LogP contribution in [0.1, 0.15) is 70.2 Å². The zero-order valence-corrected chi connectivity index (χ0v) is 23.5. The Labute approximate surface area is 228 Å². The number of nitrogens with zero attached hydrogens (tertiary/aromatic N) is 1. The van der Waals surface area contributed by atoms with Crippen LogP contribution in [0.2, 0.25) is 0 Å². The van der Waals surface area contributed by atoms with Crippen LogP contribution in [0.5, 0.6) is 5.75 Å². The third-order valence-electron chi connectivity index (χ3n) is 6.95. The van der Waals surface area contributed by atoms with Crippen molar-refractivity contribution < 1.29 is 32.6 Å². The topological polar surface area (TPSA) is 77.1 Å². The lowest BCUT2D eigenvalue weighted by Gasteiger charge is -2.37. The van der Waals surface area contributed by atoms with Gasteiger partial charge in [-0.3, -0.25) is 9.69 Å². The lowest BCUT2D eigenvalue weighted by molar-refractivity contribution is -0.122. The van der Waals surface area contributed by atoms with E-state index in [4.69, 9.17) is 14.2 Å². The highest BCUT2D eigenvalue weighted by molar-refractivity contribution is 5.98. The normalized spacial score (nSPS) is 17.4. The molecule has 4 rings (SSSR count). The standard InChI is InChI=1S/C30H38F2N2O5/c1-29(2,3)39-28(36)34-12-11-19-13-21(37-6)9-10-22(19)26(34)27(35)33-20-14-23(31)25(24(32)15-20)30(4,5)17-38-16-18-7-8-18/h9-10,13-15,18,26H,7-8,11-12,16-17H2,1-6H3,(H,33,35). The Kier molecular flexibility index (Phi) is 8.21. The van der Waals surface area contributed by atoms with E-state index in [2.05, 4.69) is 5.32 Å². The first kappa shape index (κ1) is 28.8. The molecule has 1 aliphatic carbocycles. The number of hydrogen-bond donors (Lipinski definition) is 1. The average Bonchev–Trinajstić information content (AvgIpc) is 3.65. The third kappa shape index (κ3) is 6.87. The lowest BCUT2D eigenvalue weighted by atomic mass is 9.84. The molecular weight excluding hydrogens is 506 g/mol. The van der Waals surface area contributed by atoms with E-state index in [9.17, 15) is 9.59 Å². The maximum absolute atomic E-state index is 15.3. The van der Waals surface area contributed by atoms with E-state index in [1.54, 1.807) is 53.9 Å². The number of ether oxygens (including phenoxy) is 3. The number of carbonyl (C=O) groups is 2. The molecule has 1 N–H and O–H groups in total. The molecule has 2 aromatic carbocycles. The molecule has 2 aliphatic rings. The van der Waals surface area contributed by atoms with Gasteiger partial charge in [0, 0.05) is 29.8 Å². The van der Waals surface area contributed by atoms with E-state index in [0.717, 1.165) is 30.5 Å². The van der Waals surface area contributed by atoms with Gasteiger partial charge in [-0.1, -0.05) is 19.9 Å². The van der Waals surface area contributed by atoms with Crippen LogP contribution in [-0.4, -0.2) is 49.4 Å². The zero-order chi connectivity index (χ0) is 28.5. The third-order valence-corrected chi connectivity index (χ3v) is 6.95. The molecule has 0 saturated heterocycles.